The van der Waals surface area contributed by atoms with Crippen molar-refractivity contribution >= 4 is 21.7 Å². The number of hydrogen-bond donors (Lipinski definition) is 2. The molecule has 0 aromatic heterocycles. The average Bonchev–Trinajstić information content (AvgIpc) is 2.53. The van der Waals surface area contributed by atoms with Crippen LogP contribution in [0.3, 0.4) is 0 Å². The van der Waals surface area contributed by atoms with Gasteiger partial charge in [-0.2, -0.15) is 0 Å². The normalized spacial score (nSPS) is 18.1. The Hall–Kier alpha value is -1.64. The Balaban J connectivity index is 2.02. The number of carbonyl (C=O) groups is 1. The van der Waals surface area contributed by atoms with Crippen LogP contribution in [0.4, 0.5) is 10.5 Å². The van der Waals surface area contributed by atoms with Crippen LogP contribution in [-0.2, 0) is 14.8 Å². The molecule has 0 atom stereocenters. The second-order valence-corrected chi connectivity index (χ2v) is 8.11. The molecule has 0 bridgehead atoms. The van der Waals surface area contributed by atoms with E-state index >= 15 is 0 Å². The molecule has 0 unspecified atom stereocenters. The monoisotopic (exact) mass is 355 g/mol. The van der Waals surface area contributed by atoms with E-state index in [1.807, 2.05) is 30.3 Å². The zero-order valence-electron chi connectivity index (χ0n) is 14.1. The highest BCUT2D eigenvalue weighted by molar-refractivity contribution is 7.88. The van der Waals surface area contributed by atoms with Gasteiger partial charge in [0.25, 0.3) is 0 Å². The van der Waals surface area contributed by atoms with E-state index in [0.29, 0.717) is 44.6 Å². The molecule has 2 N–H and O–H groups in total. The van der Waals surface area contributed by atoms with E-state index in [1.54, 1.807) is 7.11 Å². The predicted octanol–water partition coefficient (Wildman–Crippen LogP) is 1.64. The van der Waals surface area contributed by atoms with Gasteiger partial charge >= 0.3 is 6.03 Å². The molecule has 1 aliphatic rings. The number of ether oxygens (including phenoxy) is 1. The summed E-state index contributed by atoms with van der Waals surface area (Å²) in [6.07, 6.45) is 2.98. The van der Waals surface area contributed by atoms with Crippen molar-refractivity contribution in [3.63, 3.8) is 0 Å². The topological polar surface area (TPSA) is 87.7 Å². The Morgan fingerprint density at radius 3 is 2.42 bits per heavy atom. The minimum atomic E-state index is -3.20. The molecule has 0 spiro atoms. The highest BCUT2D eigenvalue weighted by Crippen LogP contribution is 2.27. The third-order valence-corrected chi connectivity index (χ3v) is 5.65. The number of hydrogen-bond acceptors (Lipinski definition) is 4. The number of rotatable bonds is 6. The van der Waals surface area contributed by atoms with Crippen LogP contribution < -0.4 is 10.6 Å². The summed E-state index contributed by atoms with van der Waals surface area (Å²) in [4.78, 5) is 12.3. The van der Waals surface area contributed by atoms with E-state index in [1.165, 1.54) is 10.6 Å². The molecular weight excluding hydrogens is 330 g/mol. The summed E-state index contributed by atoms with van der Waals surface area (Å²) in [6, 6.07) is 8.91. The molecule has 1 aromatic rings. The lowest BCUT2D eigenvalue weighted by Crippen LogP contribution is -2.57. The van der Waals surface area contributed by atoms with Gasteiger partial charge in [0.2, 0.25) is 10.0 Å². The van der Waals surface area contributed by atoms with Gasteiger partial charge in [0.15, 0.2) is 0 Å². The standard InChI is InChI=1S/C16H25N3O4S/c1-23-13-10-16(8-11-19(12-9-16)24(2,21)22)18-15(20)17-14-6-4-3-5-7-14/h3-7H,8-13H2,1-2H3,(H2,17,18,20). The highest BCUT2D eigenvalue weighted by atomic mass is 32.2. The Morgan fingerprint density at radius 2 is 1.88 bits per heavy atom. The first-order chi connectivity index (χ1) is 11.3. The van der Waals surface area contributed by atoms with Gasteiger partial charge < -0.3 is 15.4 Å². The molecule has 1 aliphatic heterocycles. The molecule has 2 amide bonds. The third kappa shape index (κ3) is 5.19. The largest absolute Gasteiger partial charge is 0.385 e. The van der Waals surface area contributed by atoms with Crippen LogP contribution in [0.1, 0.15) is 19.3 Å². The van der Waals surface area contributed by atoms with Gasteiger partial charge in [0.1, 0.15) is 0 Å². The lowest BCUT2D eigenvalue weighted by molar-refractivity contribution is 0.124. The molecule has 0 saturated carbocycles. The summed E-state index contributed by atoms with van der Waals surface area (Å²) in [6.45, 7) is 1.30. The Kier molecular flexibility index (Phi) is 6.20. The van der Waals surface area contributed by atoms with Gasteiger partial charge in [0, 0.05) is 38.0 Å². The zero-order valence-corrected chi connectivity index (χ0v) is 14.9. The second-order valence-electron chi connectivity index (χ2n) is 6.13. The van der Waals surface area contributed by atoms with Crippen molar-refractivity contribution < 1.29 is 17.9 Å². The second kappa shape index (κ2) is 7.96. The number of benzene rings is 1. The lowest BCUT2D eigenvalue weighted by Gasteiger charge is -2.41. The molecular formula is C16H25N3O4S. The molecule has 1 aromatic carbocycles. The van der Waals surface area contributed by atoms with E-state index in [0.717, 1.165) is 0 Å². The quantitative estimate of drug-likeness (QED) is 0.812. The first-order valence-electron chi connectivity index (χ1n) is 7.93. The van der Waals surface area contributed by atoms with Crippen molar-refractivity contribution in [2.24, 2.45) is 0 Å². The molecule has 1 fully saturated rings. The summed E-state index contributed by atoms with van der Waals surface area (Å²) >= 11 is 0. The van der Waals surface area contributed by atoms with Gasteiger partial charge in [-0.05, 0) is 31.4 Å². The van der Waals surface area contributed by atoms with Gasteiger partial charge in [0.05, 0.1) is 6.26 Å². The predicted molar refractivity (Wildman–Crippen MR) is 93.5 cm³/mol. The van der Waals surface area contributed by atoms with E-state index in [9.17, 15) is 13.2 Å². The van der Waals surface area contributed by atoms with Crippen LogP contribution in [-0.4, -0.2) is 57.4 Å². The highest BCUT2D eigenvalue weighted by Gasteiger charge is 2.37. The minimum absolute atomic E-state index is 0.287. The Bertz CT molecular complexity index is 641. The smallest absolute Gasteiger partial charge is 0.319 e. The van der Waals surface area contributed by atoms with Crippen LogP contribution in [0, 0.1) is 0 Å². The van der Waals surface area contributed by atoms with Crippen molar-refractivity contribution in [3.05, 3.63) is 30.3 Å². The number of carbonyl (C=O) groups excluding carboxylic acids is 1. The number of sulfonamides is 1. The Labute approximate surface area is 143 Å². The summed E-state index contributed by atoms with van der Waals surface area (Å²) in [7, 11) is -1.59. The van der Waals surface area contributed by atoms with Gasteiger partial charge in [-0.15, -0.1) is 0 Å². The summed E-state index contributed by atoms with van der Waals surface area (Å²) < 4.78 is 30.0. The van der Waals surface area contributed by atoms with E-state index in [-0.39, 0.29) is 6.03 Å². The minimum Gasteiger partial charge on any atom is -0.385 e. The number of anilines is 1. The number of amides is 2. The molecule has 2 rings (SSSR count). The zero-order chi connectivity index (χ0) is 17.6. The first kappa shape index (κ1) is 18.7. The number of methoxy groups -OCH3 is 1. The molecule has 0 radical (unpaired) electrons. The number of piperidine rings is 1. The number of nitrogens with zero attached hydrogens (tertiary/aromatic N) is 1. The summed E-state index contributed by atoms with van der Waals surface area (Å²) in [5.41, 5.74) is 0.251. The van der Waals surface area contributed by atoms with E-state index in [4.69, 9.17) is 4.74 Å². The fourth-order valence-electron chi connectivity index (χ4n) is 2.91. The van der Waals surface area contributed by atoms with Crippen molar-refractivity contribution in [2.45, 2.75) is 24.8 Å². The van der Waals surface area contributed by atoms with Crippen LogP contribution >= 0.6 is 0 Å². The number of urea groups is 1. The maximum absolute atomic E-state index is 12.3. The van der Waals surface area contributed by atoms with Gasteiger partial charge in [-0.3, -0.25) is 0 Å². The van der Waals surface area contributed by atoms with Crippen molar-refractivity contribution in [1.82, 2.24) is 9.62 Å². The molecule has 24 heavy (non-hydrogen) atoms. The number of nitrogens with one attached hydrogen (secondary N) is 2. The summed E-state index contributed by atoms with van der Waals surface area (Å²) in [5, 5.41) is 5.85. The van der Waals surface area contributed by atoms with E-state index in [2.05, 4.69) is 10.6 Å². The molecule has 0 aliphatic carbocycles. The maximum atomic E-state index is 12.3. The third-order valence-electron chi connectivity index (χ3n) is 4.34. The fraction of sp³-hybridized carbons (Fsp3) is 0.562. The van der Waals surface area contributed by atoms with Gasteiger partial charge in [-0.25, -0.2) is 17.5 Å². The van der Waals surface area contributed by atoms with Crippen LogP contribution in [0.5, 0.6) is 0 Å². The van der Waals surface area contributed by atoms with Crippen LogP contribution in [0.15, 0.2) is 30.3 Å². The van der Waals surface area contributed by atoms with Gasteiger partial charge in [-0.1, -0.05) is 18.2 Å². The average molecular weight is 355 g/mol. The maximum Gasteiger partial charge on any atom is 0.319 e. The molecule has 134 valence electrons. The SMILES string of the molecule is COCCC1(NC(=O)Nc2ccccc2)CCN(S(C)(=O)=O)CC1. The van der Waals surface area contributed by atoms with Crippen molar-refractivity contribution in [3.8, 4) is 0 Å². The molecule has 1 saturated heterocycles. The lowest BCUT2D eigenvalue weighted by atomic mass is 9.85. The van der Waals surface area contributed by atoms with Crippen LogP contribution in [0.25, 0.3) is 0 Å². The number of para-hydroxylation sites is 1. The van der Waals surface area contributed by atoms with E-state index < -0.39 is 15.6 Å². The van der Waals surface area contributed by atoms with Crippen LogP contribution in [0.2, 0.25) is 0 Å². The fourth-order valence-corrected chi connectivity index (χ4v) is 3.75. The summed E-state index contributed by atoms with van der Waals surface area (Å²) in [5.74, 6) is 0. The molecule has 1 heterocycles. The first-order valence-corrected chi connectivity index (χ1v) is 9.78. The Morgan fingerprint density at radius 1 is 1.25 bits per heavy atom. The molecule has 7 nitrogen and oxygen atoms in total. The van der Waals surface area contributed by atoms with Crippen molar-refractivity contribution in [2.75, 3.05) is 38.4 Å². The molecule has 8 heteroatoms. The van der Waals surface area contributed by atoms with Crippen molar-refractivity contribution in [1.29, 1.82) is 0 Å².